The molecule has 0 saturated carbocycles. The number of carbonyl (C=O) groups is 2. The van der Waals surface area contributed by atoms with Crippen LogP contribution in [0, 0.1) is 6.92 Å². The fourth-order valence-corrected chi connectivity index (χ4v) is 4.45. The first kappa shape index (κ1) is 29.0. The minimum absolute atomic E-state index is 0.0605. The second-order valence-electron chi connectivity index (χ2n) is 8.75. The molecule has 36 heavy (non-hydrogen) atoms. The Hall–Kier alpha value is -3.27. The molecule has 0 saturated heterocycles. The molecule has 198 valence electrons. The first-order valence-electron chi connectivity index (χ1n) is 11.8. The molecule has 1 N–H and O–H groups in total. The molecule has 9 nitrogen and oxygen atoms in total. The fraction of sp³-hybridized carbons (Fsp3) is 0.462. The van der Waals surface area contributed by atoms with E-state index in [0.717, 1.165) is 28.1 Å². The van der Waals surface area contributed by atoms with Gasteiger partial charge >= 0.3 is 0 Å². The second kappa shape index (κ2) is 12.6. The Labute approximate surface area is 214 Å². The number of aryl methyl sites for hydroxylation is 1. The van der Waals surface area contributed by atoms with Crippen molar-refractivity contribution in [3.8, 4) is 11.5 Å². The van der Waals surface area contributed by atoms with Gasteiger partial charge in [0.1, 0.15) is 12.6 Å². The minimum atomic E-state index is -3.85. The molecule has 0 heterocycles. The van der Waals surface area contributed by atoms with Crippen LogP contribution in [0.5, 0.6) is 11.5 Å². The third-order valence-electron chi connectivity index (χ3n) is 6.10. The smallest absolute Gasteiger partial charge is 0.244 e. The topological polar surface area (TPSA) is 105 Å². The van der Waals surface area contributed by atoms with Crippen molar-refractivity contribution in [3.63, 3.8) is 0 Å². The van der Waals surface area contributed by atoms with Crippen LogP contribution in [-0.2, 0) is 26.2 Å². The highest BCUT2D eigenvalue weighted by atomic mass is 32.2. The number of methoxy groups -OCH3 is 2. The van der Waals surface area contributed by atoms with Crippen LogP contribution in [0.4, 0.5) is 5.69 Å². The van der Waals surface area contributed by atoms with E-state index in [1.165, 1.54) is 25.2 Å². The van der Waals surface area contributed by atoms with Crippen LogP contribution < -0.4 is 19.1 Å². The number of hydrogen-bond acceptors (Lipinski definition) is 6. The number of benzene rings is 2. The van der Waals surface area contributed by atoms with Gasteiger partial charge in [-0.25, -0.2) is 8.42 Å². The molecule has 2 atom stereocenters. The summed E-state index contributed by atoms with van der Waals surface area (Å²) < 4.78 is 37.0. The van der Waals surface area contributed by atoms with Gasteiger partial charge in [0, 0.05) is 18.7 Å². The molecule has 0 spiro atoms. The maximum atomic E-state index is 13.7. The first-order chi connectivity index (χ1) is 16.9. The Morgan fingerprint density at radius 1 is 1.03 bits per heavy atom. The molecule has 2 aromatic carbocycles. The van der Waals surface area contributed by atoms with Gasteiger partial charge in [-0.2, -0.15) is 0 Å². The zero-order valence-corrected chi connectivity index (χ0v) is 22.9. The van der Waals surface area contributed by atoms with E-state index in [9.17, 15) is 18.0 Å². The molecule has 0 aliphatic rings. The van der Waals surface area contributed by atoms with Crippen molar-refractivity contribution < 1.29 is 27.5 Å². The van der Waals surface area contributed by atoms with Crippen molar-refractivity contribution in [2.45, 2.75) is 52.7 Å². The summed E-state index contributed by atoms with van der Waals surface area (Å²) in [5.74, 6) is -0.0553. The maximum Gasteiger partial charge on any atom is 0.244 e. The number of amides is 2. The van der Waals surface area contributed by atoms with Crippen molar-refractivity contribution in [2.24, 2.45) is 0 Å². The molecule has 0 radical (unpaired) electrons. The van der Waals surface area contributed by atoms with Gasteiger partial charge in [0.25, 0.3) is 0 Å². The van der Waals surface area contributed by atoms with Crippen molar-refractivity contribution in [1.29, 1.82) is 0 Å². The third kappa shape index (κ3) is 7.36. The van der Waals surface area contributed by atoms with E-state index in [2.05, 4.69) is 5.32 Å². The lowest BCUT2D eigenvalue weighted by molar-refractivity contribution is -0.139. The number of sulfonamides is 1. The molecule has 0 fully saturated rings. The summed E-state index contributed by atoms with van der Waals surface area (Å²) >= 11 is 0. The van der Waals surface area contributed by atoms with E-state index in [1.807, 2.05) is 45.0 Å². The van der Waals surface area contributed by atoms with E-state index in [1.54, 1.807) is 19.1 Å². The highest BCUT2D eigenvalue weighted by Crippen LogP contribution is 2.32. The van der Waals surface area contributed by atoms with Crippen LogP contribution in [0.25, 0.3) is 0 Å². The zero-order chi connectivity index (χ0) is 27.0. The predicted molar refractivity (Wildman–Crippen MR) is 141 cm³/mol. The number of nitrogens with one attached hydrogen (secondary N) is 1. The zero-order valence-electron chi connectivity index (χ0n) is 22.1. The number of nitrogens with zero attached hydrogens (tertiary/aromatic N) is 2. The molecule has 0 bridgehead atoms. The molecule has 2 amide bonds. The van der Waals surface area contributed by atoms with Gasteiger partial charge in [-0.3, -0.25) is 13.9 Å². The van der Waals surface area contributed by atoms with E-state index in [-0.39, 0.29) is 24.2 Å². The van der Waals surface area contributed by atoms with Gasteiger partial charge in [0.05, 0.1) is 26.2 Å². The molecule has 0 aliphatic carbocycles. The van der Waals surface area contributed by atoms with E-state index in [0.29, 0.717) is 11.5 Å². The van der Waals surface area contributed by atoms with Gasteiger partial charge in [0.15, 0.2) is 11.5 Å². The first-order valence-corrected chi connectivity index (χ1v) is 13.6. The molecule has 0 unspecified atom stereocenters. The van der Waals surface area contributed by atoms with E-state index in [4.69, 9.17) is 9.47 Å². The molecule has 2 aromatic rings. The number of hydrogen-bond donors (Lipinski definition) is 1. The number of ether oxygens (including phenoxy) is 2. The summed E-state index contributed by atoms with van der Waals surface area (Å²) in [6, 6.07) is 11.3. The van der Waals surface area contributed by atoms with Gasteiger partial charge in [-0.15, -0.1) is 0 Å². The minimum Gasteiger partial charge on any atom is -0.493 e. The molecular weight excluding hydrogens is 482 g/mol. The summed E-state index contributed by atoms with van der Waals surface area (Å²) in [6.07, 6.45) is 1.77. The standard InChI is InChI=1S/C26H37N3O6S/c1-8-19(3)27-26(31)20(4)28(16-21-12-10-9-11-18(21)2)25(30)17-29(36(7,32)33)22-13-14-23(34-5)24(15-22)35-6/h9-15,19-20H,8,16-17H2,1-7H3,(H,27,31)/t19-,20-/m0/s1. The fourth-order valence-electron chi connectivity index (χ4n) is 3.61. The van der Waals surface area contributed by atoms with Gasteiger partial charge in [-0.05, 0) is 50.5 Å². The van der Waals surface area contributed by atoms with E-state index >= 15 is 0 Å². The lowest BCUT2D eigenvalue weighted by Crippen LogP contribution is -2.52. The summed E-state index contributed by atoms with van der Waals surface area (Å²) in [5.41, 5.74) is 2.08. The Morgan fingerprint density at radius 2 is 1.67 bits per heavy atom. The average Bonchev–Trinajstić information content (AvgIpc) is 2.84. The Morgan fingerprint density at radius 3 is 2.22 bits per heavy atom. The molecule has 0 aliphatic heterocycles. The molecular formula is C26H37N3O6S. The Balaban J connectivity index is 2.45. The van der Waals surface area contributed by atoms with Crippen molar-refractivity contribution in [2.75, 3.05) is 31.3 Å². The quantitative estimate of drug-likeness (QED) is 0.462. The molecule has 2 rings (SSSR count). The Bertz CT molecular complexity index is 1170. The predicted octanol–water partition coefficient (Wildman–Crippen LogP) is 3.11. The van der Waals surface area contributed by atoms with Gasteiger partial charge in [0.2, 0.25) is 21.8 Å². The number of rotatable bonds is 12. The van der Waals surface area contributed by atoms with Crippen molar-refractivity contribution in [3.05, 3.63) is 53.6 Å². The van der Waals surface area contributed by atoms with Crippen LogP contribution in [-0.4, -0.2) is 64.2 Å². The largest absolute Gasteiger partial charge is 0.493 e. The summed E-state index contributed by atoms with van der Waals surface area (Å²) in [5, 5.41) is 2.91. The van der Waals surface area contributed by atoms with Crippen LogP contribution >= 0.6 is 0 Å². The van der Waals surface area contributed by atoms with E-state index < -0.39 is 28.5 Å². The second-order valence-corrected chi connectivity index (χ2v) is 10.7. The van der Waals surface area contributed by atoms with Crippen LogP contribution in [0.3, 0.4) is 0 Å². The molecule has 0 aromatic heterocycles. The Kier molecular flexibility index (Phi) is 10.2. The normalized spacial score (nSPS) is 12.9. The summed E-state index contributed by atoms with van der Waals surface area (Å²) in [7, 11) is -0.932. The highest BCUT2D eigenvalue weighted by molar-refractivity contribution is 7.92. The van der Waals surface area contributed by atoms with Crippen LogP contribution in [0.2, 0.25) is 0 Å². The maximum absolute atomic E-state index is 13.7. The molecule has 10 heteroatoms. The lowest BCUT2D eigenvalue weighted by atomic mass is 10.1. The lowest BCUT2D eigenvalue weighted by Gasteiger charge is -2.32. The SMILES string of the molecule is CC[C@H](C)NC(=O)[C@H](C)N(Cc1ccccc1C)C(=O)CN(c1ccc(OC)c(OC)c1)S(C)(=O)=O. The van der Waals surface area contributed by atoms with Crippen LogP contribution in [0.15, 0.2) is 42.5 Å². The van der Waals surface area contributed by atoms with Crippen LogP contribution in [0.1, 0.15) is 38.3 Å². The van der Waals surface area contributed by atoms with Crippen molar-refractivity contribution in [1.82, 2.24) is 10.2 Å². The summed E-state index contributed by atoms with van der Waals surface area (Å²) in [6.45, 7) is 7.09. The number of carbonyl (C=O) groups excluding carboxylic acids is 2. The monoisotopic (exact) mass is 519 g/mol. The summed E-state index contributed by atoms with van der Waals surface area (Å²) in [4.78, 5) is 28.0. The van der Waals surface area contributed by atoms with Gasteiger partial charge in [-0.1, -0.05) is 31.2 Å². The highest BCUT2D eigenvalue weighted by Gasteiger charge is 2.31. The van der Waals surface area contributed by atoms with Crippen molar-refractivity contribution >= 4 is 27.5 Å². The van der Waals surface area contributed by atoms with Gasteiger partial charge < -0.3 is 19.7 Å². The third-order valence-corrected chi connectivity index (χ3v) is 7.25. The number of anilines is 1. The average molecular weight is 520 g/mol.